The second-order valence-corrected chi connectivity index (χ2v) is 6.73. The van der Waals surface area contributed by atoms with E-state index in [1.807, 2.05) is 55.5 Å². The van der Waals surface area contributed by atoms with E-state index in [2.05, 4.69) is 20.4 Å². The Hall–Kier alpha value is -3.94. The van der Waals surface area contributed by atoms with Gasteiger partial charge in [0.05, 0.1) is 23.3 Å². The van der Waals surface area contributed by atoms with Gasteiger partial charge in [-0.1, -0.05) is 12.1 Å². The Morgan fingerprint density at radius 2 is 1.90 bits per heavy atom. The number of aromatic nitrogens is 4. The third kappa shape index (κ3) is 3.93. The first kappa shape index (κ1) is 19.4. The quantitative estimate of drug-likeness (QED) is 0.514. The fourth-order valence-electron chi connectivity index (χ4n) is 3.09. The van der Waals surface area contributed by atoms with E-state index in [-0.39, 0.29) is 5.56 Å². The number of hydrogen-bond donors (Lipinski definition) is 2. The second kappa shape index (κ2) is 8.20. The van der Waals surface area contributed by atoms with E-state index in [4.69, 9.17) is 4.74 Å². The topological polar surface area (TPSA) is 102 Å². The third-order valence-corrected chi connectivity index (χ3v) is 4.66. The summed E-state index contributed by atoms with van der Waals surface area (Å²) in [6.45, 7) is 4.12. The number of rotatable bonds is 6. The van der Waals surface area contributed by atoms with Crippen molar-refractivity contribution in [2.75, 3.05) is 11.9 Å². The highest BCUT2D eigenvalue weighted by Crippen LogP contribution is 2.21. The van der Waals surface area contributed by atoms with E-state index in [1.165, 1.54) is 10.7 Å². The molecule has 0 aliphatic carbocycles. The summed E-state index contributed by atoms with van der Waals surface area (Å²) in [6, 6.07) is 17.1. The van der Waals surface area contributed by atoms with E-state index < -0.39 is 11.9 Å². The predicted molar refractivity (Wildman–Crippen MR) is 115 cm³/mol. The van der Waals surface area contributed by atoms with Crippen LogP contribution in [0.1, 0.15) is 19.9 Å². The number of H-pyrrole nitrogens is 1. The van der Waals surface area contributed by atoms with Gasteiger partial charge in [0.1, 0.15) is 11.8 Å². The van der Waals surface area contributed by atoms with E-state index in [9.17, 15) is 9.59 Å². The Bertz CT molecular complexity index is 1210. The molecule has 1 atom stereocenters. The lowest BCUT2D eigenvalue weighted by Gasteiger charge is -2.14. The number of hydrogen-bond acceptors (Lipinski definition) is 5. The average Bonchev–Trinajstić information content (AvgIpc) is 3.17. The minimum Gasteiger partial charge on any atom is -0.494 e. The van der Waals surface area contributed by atoms with Crippen LogP contribution in [0.5, 0.6) is 5.75 Å². The molecule has 4 rings (SSSR count). The maximum Gasteiger partial charge on any atom is 0.267 e. The number of nitrogens with one attached hydrogen (secondary N) is 2. The van der Waals surface area contributed by atoms with Crippen LogP contribution in [0, 0.1) is 0 Å². The molecule has 0 saturated carbocycles. The highest BCUT2D eigenvalue weighted by molar-refractivity contribution is 5.93. The molecule has 1 unspecified atom stereocenters. The lowest BCUT2D eigenvalue weighted by molar-refractivity contribution is -0.119. The highest BCUT2D eigenvalue weighted by atomic mass is 16.5. The lowest BCUT2D eigenvalue weighted by atomic mass is 10.1. The molecule has 8 heteroatoms. The molecule has 0 fully saturated rings. The van der Waals surface area contributed by atoms with Gasteiger partial charge in [-0.3, -0.25) is 14.9 Å². The van der Waals surface area contributed by atoms with Crippen LogP contribution < -0.4 is 15.6 Å². The van der Waals surface area contributed by atoms with Crippen molar-refractivity contribution in [2.45, 2.75) is 19.9 Å². The van der Waals surface area contributed by atoms with Crippen LogP contribution in [0.3, 0.4) is 0 Å². The molecule has 2 aromatic heterocycles. The summed E-state index contributed by atoms with van der Waals surface area (Å²) in [6.07, 6.45) is 0. The van der Waals surface area contributed by atoms with Crippen molar-refractivity contribution in [2.24, 2.45) is 0 Å². The van der Waals surface area contributed by atoms with Crippen molar-refractivity contribution in [3.63, 3.8) is 0 Å². The number of ether oxygens (including phenoxy) is 1. The van der Waals surface area contributed by atoms with E-state index >= 15 is 0 Å². The van der Waals surface area contributed by atoms with Crippen molar-refractivity contribution in [1.29, 1.82) is 0 Å². The van der Waals surface area contributed by atoms with Gasteiger partial charge in [0, 0.05) is 11.6 Å². The number of carbonyl (C=O) groups excluding carboxylic acids is 1. The molecule has 0 spiro atoms. The summed E-state index contributed by atoms with van der Waals surface area (Å²) in [5.74, 6) is 0.685. The van der Waals surface area contributed by atoms with Crippen molar-refractivity contribution >= 4 is 22.9 Å². The van der Waals surface area contributed by atoms with Gasteiger partial charge in [0.15, 0.2) is 0 Å². The van der Waals surface area contributed by atoms with Gasteiger partial charge < -0.3 is 9.72 Å². The van der Waals surface area contributed by atoms with Crippen molar-refractivity contribution < 1.29 is 9.53 Å². The molecule has 4 aromatic rings. The first-order chi connectivity index (χ1) is 14.5. The molecule has 2 N–H and O–H groups in total. The SMILES string of the molecule is CCOc1ccc(-c2ccc(=O)n(C(C)C(=O)Nc3nc4ccccc4[nH]3)n2)cc1. The second-order valence-electron chi connectivity index (χ2n) is 6.73. The summed E-state index contributed by atoms with van der Waals surface area (Å²) >= 11 is 0. The zero-order valence-electron chi connectivity index (χ0n) is 16.6. The van der Waals surface area contributed by atoms with Crippen LogP contribution in [0.2, 0.25) is 0 Å². The fourth-order valence-corrected chi connectivity index (χ4v) is 3.09. The maximum atomic E-state index is 12.7. The number of fused-ring (bicyclic) bond motifs is 1. The Balaban J connectivity index is 1.56. The number of benzene rings is 2. The van der Waals surface area contributed by atoms with Crippen LogP contribution in [0.25, 0.3) is 22.3 Å². The third-order valence-electron chi connectivity index (χ3n) is 4.66. The lowest BCUT2D eigenvalue weighted by Crippen LogP contribution is -2.33. The van der Waals surface area contributed by atoms with Gasteiger partial charge in [-0.2, -0.15) is 5.10 Å². The molecule has 8 nitrogen and oxygen atoms in total. The number of carbonyl (C=O) groups is 1. The zero-order chi connectivity index (χ0) is 21.1. The first-order valence-electron chi connectivity index (χ1n) is 9.64. The Morgan fingerprint density at radius 3 is 2.63 bits per heavy atom. The standard InChI is InChI=1S/C22H21N5O3/c1-3-30-16-10-8-15(9-11-16)17-12-13-20(28)27(26-17)14(2)21(29)25-22-23-18-6-4-5-7-19(18)24-22/h4-14H,3H2,1-2H3,(H2,23,24,25,29). The van der Waals surface area contributed by atoms with Gasteiger partial charge in [-0.05, 0) is 56.3 Å². The molecule has 152 valence electrons. The predicted octanol–water partition coefficient (Wildman–Crippen LogP) is 3.39. The Labute approximate surface area is 172 Å². The Morgan fingerprint density at radius 1 is 1.13 bits per heavy atom. The average molecular weight is 403 g/mol. The molecule has 0 radical (unpaired) electrons. The van der Waals surface area contributed by atoms with Crippen LogP contribution in [0.15, 0.2) is 65.5 Å². The highest BCUT2D eigenvalue weighted by Gasteiger charge is 2.19. The normalized spacial score (nSPS) is 11.9. The smallest absolute Gasteiger partial charge is 0.267 e. The van der Waals surface area contributed by atoms with Crippen LogP contribution in [-0.4, -0.2) is 32.3 Å². The Kier molecular flexibility index (Phi) is 5.30. The van der Waals surface area contributed by atoms with E-state index in [0.29, 0.717) is 18.2 Å². The number of nitrogens with zero attached hydrogens (tertiary/aromatic N) is 3. The number of aromatic amines is 1. The van der Waals surface area contributed by atoms with Crippen molar-refractivity contribution in [1.82, 2.24) is 19.7 Å². The fraction of sp³-hybridized carbons (Fsp3) is 0.182. The number of imidazole rings is 1. The summed E-state index contributed by atoms with van der Waals surface area (Å²) in [5.41, 5.74) is 2.59. The van der Waals surface area contributed by atoms with Gasteiger partial charge >= 0.3 is 0 Å². The maximum absolute atomic E-state index is 12.7. The van der Waals surface area contributed by atoms with E-state index in [0.717, 1.165) is 22.3 Å². The molecule has 1 amide bonds. The minimum atomic E-state index is -0.826. The van der Waals surface area contributed by atoms with Gasteiger partial charge in [0.2, 0.25) is 5.95 Å². The molecule has 0 saturated heterocycles. The minimum absolute atomic E-state index is 0.323. The first-order valence-corrected chi connectivity index (χ1v) is 9.64. The van der Waals surface area contributed by atoms with Gasteiger partial charge in [0.25, 0.3) is 11.5 Å². The molecular weight excluding hydrogens is 382 g/mol. The largest absolute Gasteiger partial charge is 0.494 e. The van der Waals surface area contributed by atoms with Crippen LogP contribution in [-0.2, 0) is 4.79 Å². The zero-order valence-corrected chi connectivity index (χ0v) is 16.6. The summed E-state index contributed by atoms with van der Waals surface area (Å²) in [7, 11) is 0. The molecule has 0 aliphatic rings. The molecule has 0 aliphatic heterocycles. The molecule has 2 heterocycles. The summed E-state index contributed by atoms with van der Waals surface area (Å²) < 4.78 is 6.62. The molecule has 30 heavy (non-hydrogen) atoms. The van der Waals surface area contributed by atoms with Crippen molar-refractivity contribution in [3.8, 4) is 17.0 Å². The van der Waals surface area contributed by atoms with Crippen LogP contribution in [0.4, 0.5) is 5.95 Å². The van der Waals surface area contributed by atoms with Crippen molar-refractivity contribution in [3.05, 3.63) is 71.0 Å². The number of anilines is 1. The van der Waals surface area contributed by atoms with E-state index in [1.54, 1.807) is 13.0 Å². The summed E-state index contributed by atoms with van der Waals surface area (Å²) in [5, 5.41) is 7.11. The number of amides is 1. The summed E-state index contributed by atoms with van der Waals surface area (Å²) in [4.78, 5) is 32.4. The molecule has 2 aromatic carbocycles. The van der Waals surface area contributed by atoms with Gasteiger partial charge in [-0.25, -0.2) is 9.67 Å². The number of para-hydroxylation sites is 2. The van der Waals surface area contributed by atoms with Crippen LogP contribution >= 0.6 is 0 Å². The molecule has 0 bridgehead atoms. The molecular formula is C22H21N5O3. The van der Waals surface area contributed by atoms with Gasteiger partial charge in [-0.15, -0.1) is 0 Å². The monoisotopic (exact) mass is 403 g/mol.